The van der Waals surface area contributed by atoms with E-state index < -0.39 is 29.8 Å². The van der Waals surface area contributed by atoms with E-state index in [-0.39, 0.29) is 13.1 Å². The van der Waals surface area contributed by atoms with Crippen LogP contribution >= 0.6 is 0 Å². The van der Waals surface area contributed by atoms with Crippen LogP contribution in [0.15, 0.2) is 0 Å². The van der Waals surface area contributed by atoms with E-state index >= 15 is 0 Å². The van der Waals surface area contributed by atoms with Crippen molar-refractivity contribution in [2.75, 3.05) is 13.1 Å². The minimum absolute atomic E-state index is 0.259. The first-order chi connectivity index (χ1) is 7.20. The summed E-state index contributed by atoms with van der Waals surface area (Å²) in [6.45, 7) is 4.48. The highest BCUT2D eigenvalue weighted by molar-refractivity contribution is 5.89. The van der Waals surface area contributed by atoms with Gasteiger partial charge in [-0.05, 0) is 20.8 Å². The number of ether oxygens (including phenoxy) is 1. The number of ketones is 1. The zero-order chi connectivity index (χ0) is 12.5. The Morgan fingerprint density at radius 2 is 2.06 bits per heavy atom. The van der Waals surface area contributed by atoms with Gasteiger partial charge in [-0.15, -0.1) is 0 Å². The van der Waals surface area contributed by atoms with E-state index in [0.717, 1.165) is 4.90 Å². The van der Waals surface area contributed by atoms with Crippen molar-refractivity contribution in [2.45, 2.75) is 32.8 Å². The predicted molar refractivity (Wildman–Crippen MR) is 52.3 cm³/mol. The Bertz CT molecular complexity index is 299. The Balaban J connectivity index is 2.59. The molecule has 0 aliphatic carbocycles. The molecule has 1 heterocycles. The number of halogens is 2. The average Bonchev–Trinajstić information content (AvgIpc) is 2.44. The van der Waals surface area contributed by atoms with Gasteiger partial charge < -0.3 is 4.74 Å². The van der Waals surface area contributed by atoms with Crippen molar-refractivity contribution in [3.05, 3.63) is 0 Å². The third-order valence-electron chi connectivity index (χ3n) is 2.13. The van der Waals surface area contributed by atoms with Crippen LogP contribution in [0.3, 0.4) is 0 Å². The smallest absolute Gasteiger partial charge is 0.410 e. The summed E-state index contributed by atoms with van der Waals surface area (Å²) in [5, 5.41) is 0. The molecule has 1 saturated heterocycles. The number of carbonyl (C=O) groups excluding carboxylic acids is 2. The molecule has 1 rings (SSSR count). The molecule has 0 spiro atoms. The van der Waals surface area contributed by atoms with Crippen LogP contribution in [0, 0.1) is 5.92 Å². The first-order valence-corrected chi connectivity index (χ1v) is 4.99. The van der Waals surface area contributed by atoms with Crippen LogP contribution in [0.25, 0.3) is 0 Å². The molecule has 1 fully saturated rings. The van der Waals surface area contributed by atoms with Crippen molar-refractivity contribution in [2.24, 2.45) is 5.92 Å². The fraction of sp³-hybridized carbons (Fsp3) is 0.800. The van der Waals surface area contributed by atoms with Gasteiger partial charge in [0.2, 0.25) is 6.43 Å². The van der Waals surface area contributed by atoms with Gasteiger partial charge in [0.05, 0.1) is 12.5 Å². The molecule has 6 heteroatoms. The number of Topliss-reactive ketones (excluding diaryl/α,β-unsaturated/α-hetero) is 1. The first kappa shape index (κ1) is 12.9. The maximum Gasteiger partial charge on any atom is 0.410 e. The Hall–Kier alpha value is -1.20. The monoisotopic (exact) mass is 235 g/mol. The summed E-state index contributed by atoms with van der Waals surface area (Å²) in [7, 11) is 0. The van der Waals surface area contributed by atoms with Crippen LogP contribution in [0.5, 0.6) is 0 Å². The normalized spacial score (nSPS) is 21.8. The number of carbonyl (C=O) groups is 2. The molecule has 4 nitrogen and oxygen atoms in total. The largest absolute Gasteiger partial charge is 0.444 e. The van der Waals surface area contributed by atoms with E-state index in [9.17, 15) is 18.4 Å². The van der Waals surface area contributed by atoms with Crippen molar-refractivity contribution in [3.63, 3.8) is 0 Å². The molecular weight excluding hydrogens is 220 g/mol. The Morgan fingerprint density at radius 1 is 1.50 bits per heavy atom. The van der Waals surface area contributed by atoms with E-state index in [1.165, 1.54) is 0 Å². The summed E-state index contributed by atoms with van der Waals surface area (Å²) in [5.74, 6) is -1.98. The number of nitrogens with zero attached hydrogens (tertiary/aromatic N) is 1. The molecule has 0 aromatic carbocycles. The number of rotatable bonds is 1. The van der Waals surface area contributed by atoms with Gasteiger partial charge in [0.1, 0.15) is 5.60 Å². The molecule has 0 saturated carbocycles. The summed E-state index contributed by atoms with van der Waals surface area (Å²) in [6.07, 6.45) is -3.44. The Morgan fingerprint density at radius 3 is 2.44 bits per heavy atom. The van der Waals surface area contributed by atoms with E-state index in [2.05, 4.69) is 0 Å². The van der Waals surface area contributed by atoms with Crippen molar-refractivity contribution >= 4 is 11.9 Å². The van der Waals surface area contributed by atoms with Crippen LogP contribution in [-0.4, -0.2) is 41.9 Å². The highest BCUT2D eigenvalue weighted by atomic mass is 19.3. The molecule has 1 aliphatic rings. The standard InChI is InChI=1S/C10H15F2NO3/c1-10(2,3)16-9(15)13-4-6(8(11)12)7(14)5-13/h6,8H,4-5H2,1-3H3. The Kier molecular flexibility index (Phi) is 3.50. The quantitative estimate of drug-likeness (QED) is 0.694. The number of likely N-dealkylation sites (tertiary alicyclic amines) is 1. The molecule has 92 valence electrons. The van der Waals surface area contributed by atoms with Gasteiger partial charge in [0, 0.05) is 6.54 Å². The third-order valence-corrected chi connectivity index (χ3v) is 2.13. The molecule has 16 heavy (non-hydrogen) atoms. The summed E-state index contributed by atoms with van der Waals surface area (Å²) >= 11 is 0. The lowest BCUT2D eigenvalue weighted by Gasteiger charge is -2.23. The molecule has 0 N–H and O–H groups in total. The maximum absolute atomic E-state index is 12.4. The highest BCUT2D eigenvalue weighted by Crippen LogP contribution is 2.21. The van der Waals surface area contributed by atoms with E-state index in [0.29, 0.717) is 0 Å². The lowest BCUT2D eigenvalue weighted by atomic mass is 10.1. The molecular formula is C10H15F2NO3. The van der Waals surface area contributed by atoms with Crippen molar-refractivity contribution in [1.82, 2.24) is 4.90 Å². The zero-order valence-corrected chi connectivity index (χ0v) is 9.50. The van der Waals surface area contributed by atoms with E-state index in [1.54, 1.807) is 20.8 Å². The van der Waals surface area contributed by atoms with Crippen LogP contribution in [0.2, 0.25) is 0 Å². The van der Waals surface area contributed by atoms with Crippen LogP contribution in [0.4, 0.5) is 13.6 Å². The fourth-order valence-corrected chi connectivity index (χ4v) is 1.39. The zero-order valence-electron chi connectivity index (χ0n) is 9.50. The van der Waals surface area contributed by atoms with Gasteiger partial charge in [-0.25, -0.2) is 13.6 Å². The first-order valence-electron chi connectivity index (χ1n) is 4.99. The van der Waals surface area contributed by atoms with Crippen molar-refractivity contribution in [3.8, 4) is 0 Å². The minimum Gasteiger partial charge on any atom is -0.444 e. The molecule has 0 aromatic rings. The lowest BCUT2D eigenvalue weighted by Crippen LogP contribution is -2.35. The van der Waals surface area contributed by atoms with Gasteiger partial charge >= 0.3 is 6.09 Å². The number of amides is 1. The molecule has 0 aromatic heterocycles. The number of hydrogen-bond acceptors (Lipinski definition) is 3. The van der Waals surface area contributed by atoms with Crippen molar-refractivity contribution < 1.29 is 23.1 Å². The van der Waals surface area contributed by atoms with Crippen LogP contribution in [-0.2, 0) is 9.53 Å². The second kappa shape index (κ2) is 4.35. The predicted octanol–water partition coefficient (Wildman–Crippen LogP) is 1.69. The maximum atomic E-state index is 12.4. The number of alkyl halides is 2. The highest BCUT2D eigenvalue weighted by Gasteiger charge is 2.40. The van der Waals surface area contributed by atoms with Gasteiger partial charge in [-0.1, -0.05) is 0 Å². The lowest BCUT2D eigenvalue weighted by molar-refractivity contribution is -0.123. The second-order valence-corrected chi connectivity index (χ2v) is 4.77. The fourth-order valence-electron chi connectivity index (χ4n) is 1.39. The van der Waals surface area contributed by atoms with Crippen molar-refractivity contribution in [1.29, 1.82) is 0 Å². The third kappa shape index (κ3) is 3.15. The SMILES string of the molecule is CC(C)(C)OC(=O)N1CC(=O)C(C(F)F)C1. The average molecular weight is 235 g/mol. The van der Waals surface area contributed by atoms with E-state index in [4.69, 9.17) is 4.74 Å². The number of hydrogen-bond donors (Lipinski definition) is 0. The van der Waals surface area contributed by atoms with Crippen LogP contribution in [0.1, 0.15) is 20.8 Å². The van der Waals surface area contributed by atoms with Gasteiger partial charge in [-0.2, -0.15) is 0 Å². The van der Waals surface area contributed by atoms with Gasteiger partial charge in [0.15, 0.2) is 5.78 Å². The second-order valence-electron chi connectivity index (χ2n) is 4.77. The topological polar surface area (TPSA) is 46.6 Å². The summed E-state index contributed by atoms with van der Waals surface area (Å²) in [6, 6.07) is 0. The van der Waals surface area contributed by atoms with E-state index in [1.807, 2.05) is 0 Å². The van der Waals surface area contributed by atoms with Crippen LogP contribution < -0.4 is 0 Å². The molecule has 1 aliphatic heterocycles. The molecule has 1 unspecified atom stereocenters. The van der Waals surface area contributed by atoms with Gasteiger partial charge in [-0.3, -0.25) is 9.69 Å². The summed E-state index contributed by atoms with van der Waals surface area (Å²) in [4.78, 5) is 23.7. The molecule has 0 radical (unpaired) electrons. The van der Waals surface area contributed by atoms with Gasteiger partial charge in [0.25, 0.3) is 0 Å². The minimum atomic E-state index is -2.72. The molecule has 1 amide bonds. The summed E-state index contributed by atoms with van der Waals surface area (Å²) in [5.41, 5.74) is -0.691. The Labute approximate surface area is 92.5 Å². The molecule has 0 bridgehead atoms. The summed E-state index contributed by atoms with van der Waals surface area (Å²) < 4.78 is 29.7. The molecule has 1 atom stereocenters.